The van der Waals surface area contributed by atoms with E-state index in [4.69, 9.17) is 5.73 Å². The van der Waals surface area contributed by atoms with E-state index in [1.54, 1.807) is 0 Å². The van der Waals surface area contributed by atoms with Gasteiger partial charge in [0.15, 0.2) is 0 Å². The minimum atomic E-state index is -0.488. The predicted molar refractivity (Wildman–Crippen MR) is 107 cm³/mol. The molecule has 2 aromatic rings. The third-order valence-electron chi connectivity index (χ3n) is 4.81. The standard InChI is InChI=1S/C19H26N6O2/c1-12-4-6-15(7-5-12)9-21-19-22-17(20)16(25(26)27)18(23-19)24-10-13(2)8-14(3)11-24/h4-7,13-14H,8-11H2,1-3H3,(H3,20,21,22,23)/t13-,14+. The molecule has 3 rings (SSSR count). The number of nitro groups is 1. The lowest BCUT2D eigenvalue weighted by molar-refractivity contribution is -0.383. The molecule has 2 atom stereocenters. The van der Waals surface area contributed by atoms with E-state index in [1.165, 1.54) is 5.56 Å². The van der Waals surface area contributed by atoms with Crippen LogP contribution in [0.2, 0.25) is 0 Å². The van der Waals surface area contributed by atoms with Gasteiger partial charge in [-0.25, -0.2) is 0 Å². The summed E-state index contributed by atoms with van der Waals surface area (Å²) >= 11 is 0. The fraction of sp³-hybridized carbons (Fsp3) is 0.474. The molecule has 0 saturated carbocycles. The average Bonchev–Trinajstić information content (AvgIpc) is 2.59. The van der Waals surface area contributed by atoms with Crippen LogP contribution in [0.25, 0.3) is 0 Å². The second-order valence-electron chi connectivity index (χ2n) is 7.55. The Morgan fingerprint density at radius 1 is 1.22 bits per heavy atom. The molecule has 0 amide bonds. The Morgan fingerprint density at radius 2 is 1.85 bits per heavy atom. The van der Waals surface area contributed by atoms with Crippen LogP contribution in [0.1, 0.15) is 31.4 Å². The highest BCUT2D eigenvalue weighted by atomic mass is 16.6. The van der Waals surface area contributed by atoms with Crippen LogP contribution in [0.5, 0.6) is 0 Å². The van der Waals surface area contributed by atoms with E-state index in [-0.39, 0.29) is 11.5 Å². The van der Waals surface area contributed by atoms with Crippen LogP contribution in [-0.2, 0) is 6.54 Å². The Morgan fingerprint density at radius 3 is 2.44 bits per heavy atom. The summed E-state index contributed by atoms with van der Waals surface area (Å²) in [5.41, 5.74) is 7.98. The average molecular weight is 370 g/mol. The van der Waals surface area contributed by atoms with Crippen molar-refractivity contribution in [2.75, 3.05) is 29.0 Å². The molecular formula is C19H26N6O2. The highest BCUT2D eigenvalue weighted by molar-refractivity contribution is 5.71. The summed E-state index contributed by atoms with van der Waals surface area (Å²) in [5.74, 6) is 1.38. The molecule has 1 aromatic heterocycles. The van der Waals surface area contributed by atoms with Crippen molar-refractivity contribution in [1.29, 1.82) is 0 Å². The second kappa shape index (κ2) is 7.77. The Balaban J connectivity index is 1.88. The van der Waals surface area contributed by atoms with E-state index < -0.39 is 4.92 Å². The maximum atomic E-state index is 11.6. The molecule has 1 aromatic carbocycles. The number of rotatable bonds is 5. The molecule has 8 nitrogen and oxygen atoms in total. The molecule has 1 saturated heterocycles. The molecule has 0 bridgehead atoms. The summed E-state index contributed by atoms with van der Waals surface area (Å²) in [6, 6.07) is 8.10. The Hall–Kier alpha value is -2.90. The zero-order valence-corrected chi connectivity index (χ0v) is 16.0. The molecule has 2 heterocycles. The molecule has 0 unspecified atom stereocenters. The maximum absolute atomic E-state index is 11.6. The first-order valence-electron chi connectivity index (χ1n) is 9.19. The fourth-order valence-corrected chi connectivity index (χ4v) is 3.66. The van der Waals surface area contributed by atoms with Crippen molar-refractivity contribution in [2.45, 2.75) is 33.7 Å². The van der Waals surface area contributed by atoms with Crippen molar-refractivity contribution in [2.24, 2.45) is 11.8 Å². The van der Waals surface area contributed by atoms with Crippen molar-refractivity contribution >= 4 is 23.3 Å². The molecule has 1 aliphatic heterocycles. The summed E-state index contributed by atoms with van der Waals surface area (Å²) in [7, 11) is 0. The number of hydrogen-bond donors (Lipinski definition) is 2. The summed E-state index contributed by atoms with van der Waals surface area (Å²) in [5, 5.41) is 14.7. The molecule has 0 radical (unpaired) electrons. The number of nitrogens with two attached hydrogens (primary N) is 1. The van der Waals surface area contributed by atoms with Crippen LogP contribution in [0.3, 0.4) is 0 Å². The molecule has 27 heavy (non-hydrogen) atoms. The molecule has 8 heteroatoms. The Kier molecular flexibility index (Phi) is 5.43. The van der Waals surface area contributed by atoms with Gasteiger partial charge in [-0.3, -0.25) is 10.1 Å². The highest BCUT2D eigenvalue weighted by Gasteiger charge is 2.31. The molecule has 3 N–H and O–H groups in total. The normalized spacial score (nSPS) is 19.7. The number of nitrogens with one attached hydrogen (secondary N) is 1. The molecule has 144 valence electrons. The Bertz CT molecular complexity index is 814. The molecular weight excluding hydrogens is 344 g/mol. The third kappa shape index (κ3) is 4.45. The van der Waals surface area contributed by atoms with Crippen molar-refractivity contribution in [3.8, 4) is 0 Å². The second-order valence-corrected chi connectivity index (χ2v) is 7.55. The van der Waals surface area contributed by atoms with Gasteiger partial charge in [0.1, 0.15) is 0 Å². The van der Waals surface area contributed by atoms with Gasteiger partial charge in [-0.05, 0) is 30.7 Å². The van der Waals surface area contributed by atoms with E-state index in [9.17, 15) is 10.1 Å². The monoisotopic (exact) mass is 370 g/mol. The summed E-state index contributed by atoms with van der Waals surface area (Å²) in [6.45, 7) is 8.29. The zero-order chi connectivity index (χ0) is 19.6. The lowest BCUT2D eigenvalue weighted by Crippen LogP contribution is -2.39. The number of aromatic nitrogens is 2. The number of benzene rings is 1. The van der Waals surface area contributed by atoms with Crippen LogP contribution in [-0.4, -0.2) is 28.0 Å². The highest BCUT2D eigenvalue weighted by Crippen LogP contribution is 2.35. The van der Waals surface area contributed by atoms with Gasteiger partial charge in [0.05, 0.1) is 4.92 Å². The van der Waals surface area contributed by atoms with Gasteiger partial charge in [0.2, 0.25) is 17.6 Å². The van der Waals surface area contributed by atoms with Gasteiger partial charge < -0.3 is 16.0 Å². The molecule has 1 aliphatic rings. The van der Waals surface area contributed by atoms with Crippen molar-refractivity contribution in [1.82, 2.24) is 9.97 Å². The largest absolute Gasteiger partial charge is 0.378 e. The number of hydrogen-bond acceptors (Lipinski definition) is 7. The zero-order valence-electron chi connectivity index (χ0n) is 16.0. The Labute approximate surface area is 159 Å². The number of nitrogens with zero attached hydrogens (tertiary/aromatic N) is 4. The van der Waals surface area contributed by atoms with Crippen molar-refractivity contribution in [3.05, 3.63) is 45.5 Å². The summed E-state index contributed by atoms with van der Waals surface area (Å²) in [6.07, 6.45) is 1.10. The van der Waals surface area contributed by atoms with Crippen LogP contribution in [0, 0.1) is 28.9 Å². The van der Waals surface area contributed by atoms with Gasteiger partial charge in [-0.15, -0.1) is 0 Å². The smallest absolute Gasteiger partial charge is 0.353 e. The SMILES string of the molecule is Cc1ccc(CNc2nc(N)c([N+](=O)[O-])c(N3C[C@H](C)C[C@H](C)C3)n2)cc1. The quantitative estimate of drug-likeness (QED) is 0.613. The summed E-state index contributed by atoms with van der Waals surface area (Å²) < 4.78 is 0. The van der Waals surface area contributed by atoms with Crippen LogP contribution in [0.4, 0.5) is 23.3 Å². The van der Waals surface area contributed by atoms with E-state index in [0.717, 1.165) is 25.1 Å². The number of anilines is 3. The van der Waals surface area contributed by atoms with Crippen LogP contribution in [0.15, 0.2) is 24.3 Å². The number of aryl methyl sites for hydroxylation is 1. The van der Waals surface area contributed by atoms with Crippen molar-refractivity contribution < 1.29 is 4.92 Å². The van der Waals surface area contributed by atoms with Gasteiger partial charge in [-0.2, -0.15) is 9.97 Å². The van der Waals surface area contributed by atoms with Gasteiger partial charge in [0.25, 0.3) is 0 Å². The van der Waals surface area contributed by atoms with E-state index in [1.807, 2.05) is 36.1 Å². The van der Waals surface area contributed by atoms with Crippen LogP contribution >= 0.6 is 0 Å². The van der Waals surface area contributed by atoms with Crippen molar-refractivity contribution in [3.63, 3.8) is 0 Å². The molecule has 1 fully saturated rings. The first-order valence-corrected chi connectivity index (χ1v) is 9.19. The van der Waals surface area contributed by atoms with Gasteiger partial charge >= 0.3 is 5.69 Å². The predicted octanol–water partition coefficient (Wildman–Crippen LogP) is 3.37. The van der Waals surface area contributed by atoms with Crippen LogP contribution < -0.4 is 16.0 Å². The minimum absolute atomic E-state index is 0.109. The first-order chi connectivity index (χ1) is 12.8. The van der Waals surface area contributed by atoms with E-state index in [2.05, 4.69) is 29.1 Å². The molecule has 0 aliphatic carbocycles. The third-order valence-corrected chi connectivity index (χ3v) is 4.81. The van der Waals surface area contributed by atoms with E-state index >= 15 is 0 Å². The van der Waals surface area contributed by atoms with Gasteiger partial charge in [-0.1, -0.05) is 43.7 Å². The minimum Gasteiger partial charge on any atom is -0.378 e. The number of piperidine rings is 1. The lowest BCUT2D eigenvalue weighted by atomic mass is 9.92. The van der Waals surface area contributed by atoms with E-state index in [0.29, 0.717) is 30.1 Å². The lowest BCUT2D eigenvalue weighted by Gasteiger charge is -2.35. The number of nitrogen functional groups attached to an aromatic ring is 1. The fourth-order valence-electron chi connectivity index (χ4n) is 3.66. The topological polar surface area (TPSA) is 110 Å². The first kappa shape index (κ1) is 18.9. The molecule has 0 spiro atoms. The van der Waals surface area contributed by atoms with Gasteiger partial charge in [0, 0.05) is 19.6 Å². The maximum Gasteiger partial charge on any atom is 0.353 e. The summed E-state index contributed by atoms with van der Waals surface area (Å²) in [4.78, 5) is 21.6.